The van der Waals surface area contributed by atoms with Gasteiger partial charge in [0, 0.05) is 17.8 Å². The SMILES string of the molecule is Fc1cccc(COc2ccccn2)c1F. The Morgan fingerprint density at radius 1 is 1.06 bits per heavy atom. The number of ether oxygens (including phenoxy) is 1. The maximum absolute atomic E-state index is 13.2. The molecule has 0 aliphatic carbocycles. The molecule has 16 heavy (non-hydrogen) atoms. The first-order chi connectivity index (χ1) is 7.77. The monoisotopic (exact) mass is 221 g/mol. The third-order valence-electron chi connectivity index (χ3n) is 2.04. The topological polar surface area (TPSA) is 22.1 Å². The summed E-state index contributed by atoms with van der Waals surface area (Å²) >= 11 is 0. The molecule has 82 valence electrons. The van der Waals surface area contributed by atoms with E-state index in [1.54, 1.807) is 24.4 Å². The number of hydrogen-bond acceptors (Lipinski definition) is 2. The van der Waals surface area contributed by atoms with E-state index in [0.29, 0.717) is 5.88 Å². The van der Waals surface area contributed by atoms with Crippen LogP contribution in [0.5, 0.6) is 5.88 Å². The number of hydrogen-bond donors (Lipinski definition) is 0. The fraction of sp³-hybridized carbons (Fsp3) is 0.0833. The van der Waals surface area contributed by atoms with Gasteiger partial charge in [0.05, 0.1) is 0 Å². The largest absolute Gasteiger partial charge is 0.473 e. The zero-order chi connectivity index (χ0) is 11.4. The first-order valence-electron chi connectivity index (χ1n) is 4.74. The third-order valence-corrected chi connectivity index (χ3v) is 2.04. The minimum atomic E-state index is -0.876. The molecule has 0 aliphatic rings. The fourth-order valence-electron chi connectivity index (χ4n) is 1.24. The van der Waals surface area contributed by atoms with Crippen molar-refractivity contribution in [2.24, 2.45) is 0 Å². The molecular weight excluding hydrogens is 212 g/mol. The molecule has 0 saturated heterocycles. The van der Waals surface area contributed by atoms with E-state index in [0.717, 1.165) is 6.07 Å². The second-order valence-electron chi connectivity index (χ2n) is 3.17. The number of aromatic nitrogens is 1. The standard InChI is InChI=1S/C12H9F2NO/c13-10-5-3-4-9(12(10)14)8-16-11-6-1-2-7-15-11/h1-7H,8H2. The van der Waals surface area contributed by atoms with Crippen molar-refractivity contribution in [1.29, 1.82) is 0 Å². The molecule has 2 rings (SSSR count). The fourth-order valence-corrected chi connectivity index (χ4v) is 1.24. The summed E-state index contributed by atoms with van der Waals surface area (Å²) in [7, 11) is 0. The summed E-state index contributed by atoms with van der Waals surface area (Å²) in [5.74, 6) is -1.37. The number of benzene rings is 1. The van der Waals surface area contributed by atoms with Crippen molar-refractivity contribution in [3.05, 3.63) is 59.8 Å². The molecule has 0 spiro atoms. The maximum Gasteiger partial charge on any atom is 0.213 e. The third kappa shape index (κ3) is 2.34. The number of pyridine rings is 1. The molecule has 0 N–H and O–H groups in total. The lowest BCUT2D eigenvalue weighted by Gasteiger charge is -2.05. The van der Waals surface area contributed by atoms with Gasteiger partial charge in [-0.1, -0.05) is 18.2 Å². The van der Waals surface area contributed by atoms with E-state index in [1.807, 2.05) is 0 Å². The van der Waals surface area contributed by atoms with Crippen molar-refractivity contribution in [3.8, 4) is 5.88 Å². The Labute approximate surface area is 91.5 Å². The van der Waals surface area contributed by atoms with E-state index in [9.17, 15) is 8.78 Å². The minimum Gasteiger partial charge on any atom is -0.473 e. The lowest BCUT2D eigenvalue weighted by Crippen LogP contribution is -2.01. The van der Waals surface area contributed by atoms with Gasteiger partial charge in [0.15, 0.2) is 11.6 Å². The Morgan fingerprint density at radius 3 is 2.69 bits per heavy atom. The van der Waals surface area contributed by atoms with Crippen LogP contribution in [0.25, 0.3) is 0 Å². The number of halogens is 2. The van der Waals surface area contributed by atoms with Crippen LogP contribution in [-0.4, -0.2) is 4.98 Å². The van der Waals surface area contributed by atoms with Gasteiger partial charge in [-0.25, -0.2) is 13.8 Å². The number of rotatable bonds is 3. The molecule has 0 radical (unpaired) electrons. The first kappa shape index (κ1) is 10.5. The summed E-state index contributed by atoms with van der Waals surface area (Å²) in [6.07, 6.45) is 1.57. The van der Waals surface area contributed by atoms with Crippen molar-refractivity contribution in [2.45, 2.75) is 6.61 Å². The highest BCUT2D eigenvalue weighted by Gasteiger charge is 2.07. The summed E-state index contributed by atoms with van der Waals surface area (Å²) in [5.41, 5.74) is 0.172. The zero-order valence-corrected chi connectivity index (χ0v) is 8.36. The molecule has 0 fully saturated rings. The molecule has 0 saturated carbocycles. The summed E-state index contributed by atoms with van der Waals surface area (Å²) in [5, 5.41) is 0. The highest BCUT2D eigenvalue weighted by Crippen LogP contribution is 2.14. The molecule has 1 heterocycles. The van der Waals surface area contributed by atoms with Gasteiger partial charge in [0.1, 0.15) is 6.61 Å². The molecule has 0 unspecified atom stereocenters. The molecule has 0 amide bonds. The molecule has 0 bridgehead atoms. The summed E-state index contributed by atoms with van der Waals surface area (Å²) in [6, 6.07) is 9.13. The lowest BCUT2D eigenvalue weighted by atomic mass is 10.2. The van der Waals surface area contributed by atoms with Crippen LogP contribution in [-0.2, 0) is 6.61 Å². The van der Waals surface area contributed by atoms with Gasteiger partial charge in [-0.05, 0) is 12.1 Å². The van der Waals surface area contributed by atoms with Crippen LogP contribution < -0.4 is 4.74 Å². The van der Waals surface area contributed by atoms with E-state index in [2.05, 4.69) is 4.98 Å². The Hall–Kier alpha value is -1.97. The van der Waals surface area contributed by atoms with E-state index in [1.165, 1.54) is 12.1 Å². The number of nitrogens with zero attached hydrogens (tertiary/aromatic N) is 1. The normalized spacial score (nSPS) is 10.1. The van der Waals surface area contributed by atoms with Crippen LogP contribution >= 0.6 is 0 Å². The summed E-state index contributed by atoms with van der Waals surface area (Å²) in [4.78, 5) is 3.91. The van der Waals surface area contributed by atoms with Crippen LogP contribution in [0.4, 0.5) is 8.78 Å². The smallest absolute Gasteiger partial charge is 0.213 e. The van der Waals surface area contributed by atoms with E-state index in [-0.39, 0.29) is 12.2 Å². The minimum absolute atomic E-state index is 0.0411. The Balaban J connectivity index is 2.08. The van der Waals surface area contributed by atoms with Gasteiger partial charge < -0.3 is 4.74 Å². The van der Waals surface area contributed by atoms with Crippen LogP contribution in [0.2, 0.25) is 0 Å². The van der Waals surface area contributed by atoms with Gasteiger partial charge in [0.25, 0.3) is 0 Å². The molecule has 0 aliphatic heterocycles. The average molecular weight is 221 g/mol. The van der Waals surface area contributed by atoms with Crippen LogP contribution in [0.1, 0.15) is 5.56 Å². The molecule has 1 aromatic carbocycles. The van der Waals surface area contributed by atoms with Gasteiger partial charge in [-0.15, -0.1) is 0 Å². The van der Waals surface area contributed by atoms with Crippen molar-refractivity contribution < 1.29 is 13.5 Å². The van der Waals surface area contributed by atoms with E-state index >= 15 is 0 Å². The first-order valence-corrected chi connectivity index (χ1v) is 4.74. The Morgan fingerprint density at radius 2 is 1.94 bits per heavy atom. The van der Waals surface area contributed by atoms with Gasteiger partial charge >= 0.3 is 0 Å². The highest BCUT2D eigenvalue weighted by atomic mass is 19.2. The second kappa shape index (κ2) is 4.70. The van der Waals surface area contributed by atoms with Gasteiger partial charge in [-0.2, -0.15) is 0 Å². The second-order valence-corrected chi connectivity index (χ2v) is 3.17. The van der Waals surface area contributed by atoms with Crippen LogP contribution in [0, 0.1) is 11.6 Å². The predicted molar refractivity (Wildman–Crippen MR) is 54.9 cm³/mol. The molecule has 0 atom stereocenters. The molecule has 2 aromatic rings. The van der Waals surface area contributed by atoms with Gasteiger partial charge in [-0.3, -0.25) is 0 Å². The Kier molecular flexibility index (Phi) is 3.10. The van der Waals surface area contributed by atoms with Gasteiger partial charge in [0.2, 0.25) is 5.88 Å². The highest BCUT2D eigenvalue weighted by molar-refractivity contribution is 5.19. The van der Waals surface area contributed by atoms with Crippen molar-refractivity contribution in [2.75, 3.05) is 0 Å². The predicted octanol–water partition coefficient (Wildman–Crippen LogP) is 2.94. The van der Waals surface area contributed by atoms with Crippen molar-refractivity contribution in [3.63, 3.8) is 0 Å². The van der Waals surface area contributed by atoms with Crippen LogP contribution in [0.3, 0.4) is 0 Å². The maximum atomic E-state index is 13.2. The average Bonchev–Trinajstić information content (AvgIpc) is 2.32. The molecule has 2 nitrogen and oxygen atoms in total. The lowest BCUT2D eigenvalue weighted by molar-refractivity contribution is 0.285. The Bertz CT molecular complexity index is 474. The molecule has 4 heteroatoms. The van der Waals surface area contributed by atoms with Crippen LogP contribution in [0.15, 0.2) is 42.6 Å². The van der Waals surface area contributed by atoms with E-state index < -0.39 is 11.6 Å². The quantitative estimate of drug-likeness (QED) is 0.795. The molecule has 1 aromatic heterocycles. The summed E-state index contributed by atoms with van der Waals surface area (Å²) < 4.78 is 31.3. The zero-order valence-electron chi connectivity index (χ0n) is 8.36. The van der Waals surface area contributed by atoms with Crippen molar-refractivity contribution in [1.82, 2.24) is 4.98 Å². The van der Waals surface area contributed by atoms with Crippen molar-refractivity contribution >= 4 is 0 Å². The summed E-state index contributed by atoms with van der Waals surface area (Å²) in [6.45, 7) is -0.0411. The van der Waals surface area contributed by atoms with E-state index in [4.69, 9.17) is 4.74 Å². The molecular formula is C12H9F2NO.